The highest BCUT2D eigenvalue weighted by atomic mass is 32.2. The number of carbonyl (C=O) groups is 1. The van der Waals surface area contributed by atoms with Gasteiger partial charge < -0.3 is 5.32 Å². The lowest BCUT2D eigenvalue weighted by atomic mass is 10.3. The number of amides is 2. The van der Waals surface area contributed by atoms with Crippen molar-refractivity contribution >= 4 is 16.8 Å². The van der Waals surface area contributed by atoms with E-state index in [2.05, 4.69) is 10.8 Å². The summed E-state index contributed by atoms with van der Waals surface area (Å²) >= 11 is 0. The van der Waals surface area contributed by atoms with Crippen molar-refractivity contribution in [2.75, 3.05) is 18.1 Å². The van der Waals surface area contributed by atoms with Crippen molar-refractivity contribution in [3.05, 3.63) is 0 Å². The molecule has 1 aliphatic heterocycles. The van der Waals surface area contributed by atoms with Gasteiger partial charge in [0.05, 0.1) is 6.61 Å². The fourth-order valence-corrected chi connectivity index (χ4v) is 2.54. The van der Waals surface area contributed by atoms with E-state index >= 15 is 0 Å². The first kappa shape index (κ1) is 10.5. The van der Waals surface area contributed by atoms with Gasteiger partial charge in [-0.05, 0) is 13.3 Å². The largest absolute Gasteiger partial charge is 0.338 e. The Balaban J connectivity index is 2.17. The molecule has 2 unspecified atom stereocenters. The van der Waals surface area contributed by atoms with Gasteiger partial charge in [-0.3, -0.25) is 9.05 Å². The van der Waals surface area contributed by atoms with Gasteiger partial charge in [0.1, 0.15) is 0 Å². The summed E-state index contributed by atoms with van der Waals surface area (Å²) in [7, 11) is -0.758. The maximum Gasteiger partial charge on any atom is 0.338 e. The predicted octanol–water partition coefficient (Wildman–Crippen LogP) is -0.242. The van der Waals surface area contributed by atoms with Crippen molar-refractivity contribution in [3.8, 4) is 0 Å². The van der Waals surface area contributed by atoms with Crippen molar-refractivity contribution < 1.29 is 13.8 Å². The summed E-state index contributed by atoms with van der Waals surface area (Å²) in [5.74, 6) is 1.24. The Labute approximate surface area is 79.6 Å². The van der Waals surface area contributed by atoms with E-state index in [1.807, 2.05) is 0 Å². The summed E-state index contributed by atoms with van der Waals surface area (Å²) in [6.07, 6.45) is 0.784. The van der Waals surface area contributed by atoms with E-state index in [-0.39, 0.29) is 12.1 Å². The van der Waals surface area contributed by atoms with E-state index in [0.29, 0.717) is 18.1 Å². The normalized spacial score (nSPS) is 27.2. The van der Waals surface area contributed by atoms with Crippen molar-refractivity contribution in [3.63, 3.8) is 0 Å². The first-order valence-corrected chi connectivity index (χ1v) is 5.74. The van der Waals surface area contributed by atoms with Crippen LogP contribution in [0.1, 0.15) is 13.3 Å². The Morgan fingerprint density at radius 3 is 3.00 bits per heavy atom. The van der Waals surface area contributed by atoms with Gasteiger partial charge in [-0.15, -0.1) is 0 Å². The average Bonchev–Trinajstić information content (AvgIpc) is 2.48. The van der Waals surface area contributed by atoms with E-state index < -0.39 is 10.8 Å². The number of nitrogens with one attached hydrogen (secondary N) is 2. The molecule has 0 bridgehead atoms. The number of hydrogen-bond donors (Lipinski definition) is 2. The molecule has 1 aliphatic rings. The van der Waals surface area contributed by atoms with E-state index in [1.54, 1.807) is 6.92 Å². The van der Waals surface area contributed by atoms with Gasteiger partial charge in [0.25, 0.3) is 0 Å². The number of hydrogen-bond acceptors (Lipinski definition) is 3. The van der Waals surface area contributed by atoms with Crippen molar-refractivity contribution in [2.24, 2.45) is 0 Å². The standard InChI is InChI=1S/C7H14N2O3S/c1-2-12-9-7(10)8-6-3-4-13(11)5-6/h6H,2-5H2,1H3,(H2,8,9,10). The van der Waals surface area contributed by atoms with Crippen LogP contribution in [-0.4, -0.2) is 34.4 Å². The third-order valence-electron chi connectivity index (χ3n) is 1.73. The number of carbonyl (C=O) groups excluding carboxylic acids is 1. The molecular weight excluding hydrogens is 192 g/mol. The van der Waals surface area contributed by atoms with Crippen LogP contribution in [0, 0.1) is 0 Å². The highest BCUT2D eigenvalue weighted by molar-refractivity contribution is 7.85. The van der Waals surface area contributed by atoms with Crippen molar-refractivity contribution in [1.82, 2.24) is 10.8 Å². The molecule has 1 rings (SSSR count). The predicted molar refractivity (Wildman–Crippen MR) is 49.6 cm³/mol. The zero-order valence-electron chi connectivity index (χ0n) is 7.54. The number of rotatable bonds is 3. The van der Waals surface area contributed by atoms with Gasteiger partial charge in [-0.2, -0.15) is 0 Å². The minimum absolute atomic E-state index is 0.0290. The molecule has 0 radical (unpaired) electrons. The molecular formula is C7H14N2O3S. The molecule has 1 saturated heterocycles. The van der Waals surface area contributed by atoms with Crippen LogP contribution in [0.15, 0.2) is 0 Å². The average molecular weight is 206 g/mol. The second-order valence-corrected chi connectivity index (χ2v) is 4.43. The molecule has 0 aromatic carbocycles. The zero-order valence-corrected chi connectivity index (χ0v) is 8.36. The van der Waals surface area contributed by atoms with Crippen molar-refractivity contribution in [1.29, 1.82) is 0 Å². The summed E-state index contributed by atoms with van der Waals surface area (Å²) in [6.45, 7) is 2.22. The van der Waals surface area contributed by atoms with E-state index in [0.717, 1.165) is 6.42 Å². The Kier molecular flexibility index (Phi) is 4.17. The lowest BCUT2D eigenvalue weighted by Crippen LogP contribution is -2.42. The second-order valence-electron chi connectivity index (χ2n) is 2.80. The molecule has 2 amide bonds. The molecule has 2 atom stereocenters. The summed E-state index contributed by atoms with van der Waals surface area (Å²) in [5.41, 5.74) is 2.23. The molecule has 13 heavy (non-hydrogen) atoms. The topological polar surface area (TPSA) is 67.4 Å². The Morgan fingerprint density at radius 1 is 1.69 bits per heavy atom. The van der Waals surface area contributed by atoms with E-state index in [9.17, 15) is 9.00 Å². The van der Waals surface area contributed by atoms with Gasteiger partial charge in [0.2, 0.25) is 0 Å². The van der Waals surface area contributed by atoms with Crippen LogP contribution < -0.4 is 10.8 Å². The van der Waals surface area contributed by atoms with Crippen LogP contribution in [-0.2, 0) is 15.6 Å². The van der Waals surface area contributed by atoms with E-state index in [4.69, 9.17) is 4.84 Å². The quantitative estimate of drug-likeness (QED) is 0.626. The fourth-order valence-electron chi connectivity index (χ4n) is 1.13. The first-order valence-electron chi connectivity index (χ1n) is 4.25. The monoisotopic (exact) mass is 206 g/mol. The highest BCUT2D eigenvalue weighted by Gasteiger charge is 2.22. The maximum atomic E-state index is 11.0. The lowest BCUT2D eigenvalue weighted by Gasteiger charge is -2.10. The van der Waals surface area contributed by atoms with Gasteiger partial charge in [0.15, 0.2) is 0 Å². The fraction of sp³-hybridized carbons (Fsp3) is 0.857. The Bertz CT molecular complexity index is 210. The first-order chi connectivity index (χ1) is 6.22. The van der Waals surface area contributed by atoms with Crippen LogP contribution in [0.5, 0.6) is 0 Å². The number of urea groups is 1. The SMILES string of the molecule is CCONC(=O)NC1CCS(=O)C1. The van der Waals surface area contributed by atoms with Gasteiger partial charge in [-0.1, -0.05) is 0 Å². The summed E-state index contributed by atoms with van der Waals surface area (Å²) in [5, 5.41) is 2.68. The smallest absolute Gasteiger partial charge is 0.333 e. The Morgan fingerprint density at radius 2 is 2.46 bits per heavy atom. The minimum Gasteiger partial charge on any atom is -0.333 e. The molecule has 2 N–H and O–H groups in total. The molecule has 0 aromatic rings. The van der Waals surface area contributed by atoms with Crippen LogP contribution >= 0.6 is 0 Å². The van der Waals surface area contributed by atoms with Gasteiger partial charge in [0, 0.05) is 28.3 Å². The third-order valence-corrected chi connectivity index (χ3v) is 3.19. The van der Waals surface area contributed by atoms with Gasteiger partial charge >= 0.3 is 6.03 Å². The third kappa shape index (κ3) is 3.73. The summed E-state index contributed by atoms with van der Waals surface area (Å²) in [4.78, 5) is 15.7. The second kappa shape index (κ2) is 5.18. The molecule has 0 saturated carbocycles. The van der Waals surface area contributed by atoms with E-state index in [1.165, 1.54) is 0 Å². The molecule has 6 heteroatoms. The molecule has 5 nitrogen and oxygen atoms in total. The molecule has 76 valence electrons. The van der Waals surface area contributed by atoms with Crippen LogP contribution in [0.4, 0.5) is 4.79 Å². The van der Waals surface area contributed by atoms with Crippen LogP contribution in [0.2, 0.25) is 0 Å². The maximum absolute atomic E-state index is 11.0. The lowest BCUT2D eigenvalue weighted by molar-refractivity contribution is 0.0698. The number of hydroxylamine groups is 1. The molecule has 0 spiro atoms. The molecule has 0 aliphatic carbocycles. The molecule has 0 aromatic heterocycles. The molecule has 1 heterocycles. The summed E-state index contributed by atoms with van der Waals surface area (Å²) < 4.78 is 11.0. The van der Waals surface area contributed by atoms with Crippen LogP contribution in [0.3, 0.4) is 0 Å². The minimum atomic E-state index is -0.758. The van der Waals surface area contributed by atoms with Crippen LogP contribution in [0.25, 0.3) is 0 Å². The summed E-state index contributed by atoms with van der Waals surface area (Å²) in [6, 6.07) is -0.327. The van der Waals surface area contributed by atoms with Crippen molar-refractivity contribution in [2.45, 2.75) is 19.4 Å². The van der Waals surface area contributed by atoms with Gasteiger partial charge in [-0.25, -0.2) is 10.3 Å². The highest BCUT2D eigenvalue weighted by Crippen LogP contribution is 2.06. The molecule has 1 fully saturated rings. The zero-order chi connectivity index (χ0) is 9.68. The Hall–Kier alpha value is -0.620.